The molecule has 0 fully saturated rings. The van der Waals surface area contributed by atoms with Gasteiger partial charge in [-0.2, -0.15) is 0 Å². The van der Waals surface area contributed by atoms with E-state index in [1.54, 1.807) is 12.3 Å². The van der Waals surface area contributed by atoms with Gasteiger partial charge in [0, 0.05) is 23.5 Å². The number of anilines is 1. The van der Waals surface area contributed by atoms with E-state index in [1.807, 2.05) is 19.1 Å². The van der Waals surface area contributed by atoms with Gasteiger partial charge in [-0.05, 0) is 19.1 Å². The Morgan fingerprint density at radius 2 is 2.00 bits per heavy atom. The molecule has 4 nitrogen and oxygen atoms in total. The number of pyridine rings is 1. The molecule has 2 heterocycles. The second-order valence-corrected chi connectivity index (χ2v) is 3.02. The van der Waals surface area contributed by atoms with Crippen LogP contribution >= 0.6 is 0 Å². The lowest BCUT2D eigenvalue weighted by atomic mass is 10.2. The number of rotatable bonds is 1. The van der Waals surface area contributed by atoms with Gasteiger partial charge in [-0.1, -0.05) is 0 Å². The molecule has 0 saturated heterocycles. The lowest BCUT2D eigenvalue weighted by Crippen LogP contribution is -1.93. The van der Waals surface area contributed by atoms with Crippen molar-refractivity contribution >= 4 is 5.82 Å². The van der Waals surface area contributed by atoms with Gasteiger partial charge in [0.25, 0.3) is 0 Å². The van der Waals surface area contributed by atoms with Crippen LogP contribution in [0.2, 0.25) is 0 Å². The fraction of sp³-hybridized carbons (Fsp3) is 0.100. The van der Waals surface area contributed by atoms with Gasteiger partial charge < -0.3 is 5.73 Å². The molecule has 0 aliphatic carbocycles. The predicted molar refractivity (Wildman–Crippen MR) is 54.4 cm³/mol. The van der Waals surface area contributed by atoms with E-state index in [9.17, 15) is 0 Å². The third-order valence-electron chi connectivity index (χ3n) is 1.90. The third-order valence-corrected chi connectivity index (χ3v) is 1.90. The third kappa shape index (κ3) is 1.69. The molecule has 0 aliphatic heterocycles. The first kappa shape index (κ1) is 8.62. The molecule has 0 aromatic carbocycles. The fourth-order valence-electron chi connectivity index (χ4n) is 1.15. The van der Waals surface area contributed by atoms with E-state index < -0.39 is 0 Å². The fourth-order valence-corrected chi connectivity index (χ4v) is 1.15. The van der Waals surface area contributed by atoms with Gasteiger partial charge in [0.05, 0.1) is 5.69 Å². The lowest BCUT2D eigenvalue weighted by molar-refractivity contribution is 1.16. The van der Waals surface area contributed by atoms with E-state index in [4.69, 9.17) is 5.73 Å². The Hall–Kier alpha value is -1.97. The van der Waals surface area contributed by atoms with E-state index in [0.717, 1.165) is 17.0 Å². The summed E-state index contributed by atoms with van der Waals surface area (Å²) in [4.78, 5) is 12.1. The van der Waals surface area contributed by atoms with Crippen LogP contribution in [0.4, 0.5) is 5.82 Å². The minimum absolute atomic E-state index is 0.468. The summed E-state index contributed by atoms with van der Waals surface area (Å²) in [7, 11) is 0. The topological polar surface area (TPSA) is 64.7 Å². The predicted octanol–water partition coefficient (Wildman–Crippen LogP) is 1.43. The smallest absolute Gasteiger partial charge is 0.127 e. The Bertz CT molecular complexity index is 436. The highest BCUT2D eigenvalue weighted by atomic mass is 14.9. The number of nitrogens with two attached hydrogens (primary N) is 1. The van der Waals surface area contributed by atoms with Crippen molar-refractivity contribution in [2.45, 2.75) is 6.92 Å². The number of nitrogen functional groups attached to an aromatic ring is 1. The van der Waals surface area contributed by atoms with Crippen LogP contribution in [-0.2, 0) is 0 Å². The largest absolute Gasteiger partial charge is 0.384 e. The first-order valence-corrected chi connectivity index (χ1v) is 4.26. The van der Waals surface area contributed by atoms with E-state index in [0.29, 0.717) is 5.82 Å². The molecule has 14 heavy (non-hydrogen) atoms. The van der Waals surface area contributed by atoms with E-state index >= 15 is 0 Å². The summed E-state index contributed by atoms with van der Waals surface area (Å²) >= 11 is 0. The molecule has 2 N–H and O–H groups in total. The molecule has 0 spiro atoms. The minimum atomic E-state index is 0.468. The molecule has 2 aromatic rings. The molecule has 0 amide bonds. The summed E-state index contributed by atoms with van der Waals surface area (Å²) in [6.45, 7) is 1.94. The molecule has 70 valence electrons. The molecule has 0 bridgehead atoms. The zero-order valence-corrected chi connectivity index (χ0v) is 7.81. The highest BCUT2D eigenvalue weighted by Gasteiger charge is 1.99. The summed E-state index contributed by atoms with van der Waals surface area (Å²) < 4.78 is 0. The molecule has 0 saturated carbocycles. The van der Waals surface area contributed by atoms with E-state index in [-0.39, 0.29) is 0 Å². The molecule has 4 heteroatoms. The normalized spacial score (nSPS) is 10.1. The van der Waals surface area contributed by atoms with E-state index in [2.05, 4.69) is 15.0 Å². The van der Waals surface area contributed by atoms with Crippen molar-refractivity contribution in [1.82, 2.24) is 15.0 Å². The summed E-state index contributed by atoms with van der Waals surface area (Å²) in [6, 6.07) is 5.63. The van der Waals surface area contributed by atoms with Crippen molar-refractivity contribution in [2.75, 3.05) is 5.73 Å². The highest BCUT2D eigenvalue weighted by Crippen LogP contribution is 2.16. The molecular weight excluding hydrogens is 176 g/mol. The van der Waals surface area contributed by atoms with Crippen LogP contribution < -0.4 is 5.73 Å². The Morgan fingerprint density at radius 3 is 2.64 bits per heavy atom. The van der Waals surface area contributed by atoms with Crippen LogP contribution in [0.5, 0.6) is 0 Å². The maximum absolute atomic E-state index is 5.55. The SMILES string of the molecule is Cc1ccc(-c2cc(N)ncn2)cn1. The van der Waals surface area contributed by atoms with Crippen LogP contribution in [0, 0.1) is 6.92 Å². The van der Waals surface area contributed by atoms with Gasteiger partial charge in [0.2, 0.25) is 0 Å². The Labute approximate surface area is 81.9 Å². The van der Waals surface area contributed by atoms with Crippen molar-refractivity contribution in [3.05, 3.63) is 36.4 Å². The van der Waals surface area contributed by atoms with Crippen LogP contribution in [0.1, 0.15) is 5.69 Å². The highest BCUT2D eigenvalue weighted by molar-refractivity contribution is 5.60. The van der Waals surface area contributed by atoms with Gasteiger partial charge in [-0.3, -0.25) is 4.98 Å². The number of aromatic nitrogens is 3. The van der Waals surface area contributed by atoms with Crippen LogP contribution in [0.15, 0.2) is 30.7 Å². The summed E-state index contributed by atoms with van der Waals surface area (Å²) in [5.41, 5.74) is 8.28. The zero-order chi connectivity index (χ0) is 9.97. The molecule has 0 aliphatic rings. The van der Waals surface area contributed by atoms with Gasteiger partial charge in [0.15, 0.2) is 0 Å². The number of aryl methyl sites for hydroxylation is 1. The average Bonchev–Trinajstić information content (AvgIpc) is 2.19. The molecular formula is C10H10N4. The number of hydrogen-bond donors (Lipinski definition) is 1. The molecule has 2 rings (SSSR count). The standard InChI is InChI=1S/C10H10N4/c1-7-2-3-8(5-12-7)9-4-10(11)14-6-13-9/h2-6H,1H3,(H2,11,13,14). The Morgan fingerprint density at radius 1 is 1.14 bits per heavy atom. The molecule has 2 aromatic heterocycles. The first-order valence-electron chi connectivity index (χ1n) is 4.26. The number of nitrogens with zero attached hydrogens (tertiary/aromatic N) is 3. The summed E-state index contributed by atoms with van der Waals surface area (Å²) in [6.07, 6.45) is 3.22. The maximum Gasteiger partial charge on any atom is 0.127 e. The van der Waals surface area contributed by atoms with Gasteiger partial charge in [0.1, 0.15) is 12.1 Å². The summed E-state index contributed by atoms with van der Waals surface area (Å²) in [5.74, 6) is 0.468. The van der Waals surface area contributed by atoms with E-state index in [1.165, 1.54) is 6.33 Å². The van der Waals surface area contributed by atoms with Gasteiger partial charge in [-0.15, -0.1) is 0 Å². The second kappa shape index (κ2) is 3.41. The van der Waals surface area contributed by atoms with Crippen molar-refractivity contribution in [3.8, 4) is 11.3 Å². The van der Waals surface area contributed by atoms with Crippen LogP contribution in [0.25, 0.3) is 11.3 Å². The molecule has 0 unspecified atom stereocenters. The number of hydrogen-bond acceptors (Lipinski definition) is 4. The minimum Gasteiger partial charge on any atom is -0.384 e. The maximum atomic E-state index is 5.55. The van der Waals surface area contributed by atoms with Crippen LogP contribution in [-0.4, -0.2) is 15.0 Å². The van der Waals surface area contributed by atoms with Crippen molar-refractivity contribution in [1.29, 1.82) is 0 Å². The van der Waals surface area contributed by atoms with Gasteiger partial charge in [-0.25, -0.2) is 9.97 Å². The average molecular weight is 186 g/mol. The van der Waals surface area contributed by atoms with Crippen molar-refractivity contribution < 1.29 is 0 Å². The Balaban J connectivity index is 2.44. The van der Waals surface area contributed by atoms with Crippen molar-refractivity contribution in [2.24, 2.45) is 0 Å². The summed E-state index contributed by atoms with van der Waals surface area (Å²) in [5, 5.41) is 0. The second-order valence-electron chi connectivity index (χ2n) is 3.02. The molecule has 0 atom stereocenters. The first-order chi connectivity index (χ1) is 6.75. The van der Waals surface area contributed by atoms with Gasteiger partial charge >= 0.3 is 0 Å². The molecule has 0 radical (unpaired) electrons. The van der Waals surface area contributed by atoms with Crippen molar-refractivity contribution in [3.63, 3.8) is 0 Å². The van der Waals surface area contributed by atoms with Crippen LogP contribution in [0.3, 0.4) is 0 Å². The monoisotopic (exact) mass is 186 g/mol. The Kier molecular flexibility index (Phi) is 2.10. The lowest BCUT2D eigenvalue weighted by Gasteiger charge is -2.00. The quantitative estimate of drug-likeness (QED) is 0.731. The zero-order valence-electron chi connectivity index (χ0n) is 7.81.